The molecule has 0 aliphatic carbocycles. The molecule has 0 spiro atoms. The van der Waals surface area contributed by atoms with Gasteiger partial charge in [-0.05, 0) is 56.5 Å². The molecular weight excluding hydrogens is 335 g/mol. The predicted octanol–water partition coefficient (Wildman–Crippen LogP) is 2.01. The van der Waals surface area contributed by atoms with Gasteiger partial charge in [-0.25, -0.2) is 4.39 Å². The molecule has 1 aromatic carbocycles. The van der Waals surface area contributed by atoms with Gasteiger partial charge in [0, 0.05) is 32.3 Å². The normalized spacial score (nSPS) is 21.9. The number of methoxy groups -OCH3 is 1. The first kappa shape index (κ1) is 19.3. The Labute approximate surface area is 154 Å². The second-order valence-corrected chi connectivity index (χ2v) is 7.57. The van der Waals surface area contributed by atoms with E-state index in [4.69, 9.17) is 9.47 Å². The summed E-state index contributed by atoms with van der Waals surface area (Å²) in [6.07, 6.45) is 3.08. The van der Waals surface area contributed by atoms with E-state index >= 15 is 0 Å². The summed E-state index contributed by atoms with van der Waals surface area (Å²) in [4.78, 5) is 13.3. The van der Waals surface area contributed by atoms with Gasteiger partial charge in [0.2, 0.25) is 5.91 Å². The van der Waals surface area contributed by atoms with E-state index in [1.54, 1.807) is 13.2 Å². The van der Waals surface area contributed by atoms with Gasteiger partial charge >= 0.3 is 0 Å². The van der Waals surface area contributed by atoms with E-state index in [9.17, 15) is 9.18 Å². The Morgan fingerprint density at radius 1 is 1.27 bits per heavy atom. The molecule has 0 atom stereocenters. The van der Waals surface area contributed by atoms with Crippen molar-refractivity contribution in [2.45, 2.75) is 31.1 Å². The lowest BCUT2D eigenvalue weighted by molar-refractivity contribution is -0.131. The quantitative estimate of drug-likeness (QED) is 0.811. The van der Waals surface area contributed by atoms with Crippen LogP contribution in [0.1, 0.15) is 31.2 Å². The molecule has 3 rings (SSSR count). The number of piperidine rings is 1. The third kappa shape index (κ3) is 4.08. The number of halogens is 1. The van der Waals surface area contributed by atoms with Gasteiger partial charge in [-0.15, -0.1) is 0 Å². The van der Waals surface area contributed by atoms with Gasteiger partial charge in [-0.1, -0.05) is 12.1 Å². The molecule has 26 heavy (non-hydrogen) atoms. The second kappa shape index (κ2) is 8.46. The summed E-state index contributed by atoms with van der Waals surface area (Å²) in [5, 5.41) is 6.54. The van der Waals surface area contributed by atoms with Crippen molar-refractivity contribution in [1.82, 2.24) is 10.6 Å². The molecule has 2 fully saturated rings. The zero-order valence-corrected chi connectivity index (χ0v) is 15.5. The molecule has 0 saturated carbocycles. The molecule has 2 aliphatic rings. The molecular formula is C20H29FN2O3. The third-order valence-electron chi connectivity index (χ3n) is 5.90. The number of nitrogens with one attached hydrogen (secondary N) is 2. The van der Waals surface area contributed by atoms with Crippen molar-refractivity contribution in [1.29, 1.82) is 0 Å². The minimum Gasteiger partial charge on any atom is -0.384 e. The van der Waals surface area contributed by atoms with E-state index in [1.165, 1.54) is 12.1 Å². The lowest BCUT2D eigenvalue weighted by atomic mass is 9.72. The van der Waals surface area contributed by atoms with Gasteiger partial charge in [0.25, 0.3) is 0 Å². The summed E-state index contributed by atoms with van der Waals surface area (Å²) in [6, 6.07) is 6.43. The van der Waals surface area contributed by atoms with Crippen LogP contribution in [-0.2, 0) is 19.7 Å². The summed E-state index contributed by atoms with van der Waals surface area (Å²) in [7, 11) is 1.71. The number of carbonyl (C=O) groups is 1. The van der Waals surface area contributed by atoms with E-state index in [2.05, 4.69) is 10.6 Å². The Morgan fingerprint density at radius 2 is 2.00 bits per heavy atom. The van der Waals surface area contributed by atoms with Crippen molar-refractivity contribution in [3.05, 3.63) is 35.6 Å². The number of ether oxygens (including phenoxy) is 2. The van der Waals surface area contributed by atoms with E-state index in [0.29, 0.717) is 39.2 Å². The van der Waals surface area contributed by atoms with Crippen molar-refractivity contribution < 1.29 is 18.7 Å². The molecule has 2 heterocycles. The first-order valence-electron chi connectivity index (χ1n) is 9.42. The number of amides is 1. The SMILES string of the molecule is COCC1(CNC(=O)C2(c3cccc(F)c3)CCOCC2)CCNCC1. The maximum Gasteiger partial charge on any atom is 0.230 e. The predicted molar refractivity (Wildman–Crippen MR) is 97.6 cm³/mol. The van der Waals surface area contributed by atoms with Crippen LogP contribution >= 0.6 is 0 Å². The summed E-state index contributed by atoms with van der Waals surface area (Å²) < 4.78 is 24.7. The van der Waals surface area contributed by atoms with E-state index < -0.39 is 5.41 Å². The van der Waals surface area contributed by atoms with Crippen molar-refractivity contribution in [3.63, 3.8) is 0 Å². The maximum absolute atomic E-state index is 13.8. The summed E-state index contributed by atoms with van der Waals surface area (Å²) in [5.74, 6) is -0.337. The highest BCUT2D eigenvalue weighted by Gasteiger charge is 2.43. The van der Waals surface area contributed by atoms with Crippen LogP contribution in [0.2, 0.25) is 0 Å². The standard InChI is InChI=1S/C20H29FN2O3/c1-25-15-19(5-9-22-10-6-19)14-23-18(24)20(7-11-26-12-8-20)16-3-2-4-17(21)13-16/h2-4,13,22H,5-12,14-15H2,1H3,(H,23,24). The van der Waals surface area contributed by atoms with Crippen LogP contribution in [0.3, 0.4) is 0 Å². The minimum atomic E-state index is -0.721. The van der Waals surface area contributed by atoms with Gasteiger partial charge in [0.15, 0.2) is 0 Å². The van der Waals surface area contributed by atoms with E-state index in [1.807, 2.05) is 6.07 Å². The lowest BCUT2D eigenvalue weighted by Crippen LogP contribution is -2.53. The monoisotopic (exact) mass is 364 g/mol. The number of carbonyl (C=O) groups excluding carboxylic acids is 1. The minimum absolute atomic E-state index is 0.0274. The molecule has 5 nitrogen and oxygen atoms in total. The molecule has 1 aromatic rings. The fourth-order valence-electron chi connectivity index (χ4n) is 4.23. The van der Waals surface area contributed by atoms with Crippen LogP contribution in [-0.4, -0.2) is 52.5 Å². The molecule has 0 aromatic heterocycles. The van der Waals surface area contributed by atoms with Gasteiger partial charge in [-0.3, -0.25) is 4.79 Å². The van der Waals surface area contributed by atoms with Crippen molar-refractivity contribution in [2.75, 3.05) is 46.6 Å². The molecule has 2 N–H and O–H groups in total. The zero-order valence-electron chi connectivity index (χ0n) is 15.5. The van der Waals surface area contributed by atoms with Crippen molar-refractivity contribution in [2.24, 2.45) is 5.41 Å². The summed E-state index contributed by atoms with van der Waals surface area (Å²) in [6.45, 7) is 4.10. The van der Waals surface area contributed by atoms with E-state index in [0.717, 1.165) is 31.5 Å². The molecule has 0 unspecified atom stereocenters. The van der Waals surface area contributed by atoms with Crippen molar-refractivity contribution in [3.8, 4) is 0 Å². The molecule has 2 aliphatic heterocycles. The number of rotatable bonds is 6. The van der Waals surface area contributed by atoms with Crippen LogP contribution in [0.15, 0.2) is 24.3 Å². The highest BCUT2D eigenvalue weighted by molar-refractivity contribution is 5.88. The van der Waals surface area contributed by atoms with Crippen LogP contribution in [0.4, 0.5) is 4.39 Å². The Hall–Kier alpha value is -1.50. The van der Waals surface area contributed by atoms with Crippen LogP contribution in [0.5, 0.6) is 0 Å². The lowest BCUT2D eigenvalue weighted by Gasteiger charge is -2.40. The molecule has 1 amide bonds. The van der Waals surface area contributed by atoms with Crippen molar-refractivity contribution >= 4 is 5.91 Å². The zero-order chi connectivity index (χ0) is 18.5. The third-order valence-corrected chi connectivity index (χ3v) is 5.90. The fourth-order valence-corrected chi connectivity index (χ4v) is 4.23. The fraction of sp³-hybridized carbons (Fsp3) is 0.650. The first-order chi connectivity index (χ1) is 12.6. The summed E-state index contributed by atoms with van der Waals surface area (Å²) >= 11 is 0. The second-order valence-electron chi connectivity index (χ2n) is 7.57. The number of hydrogen-bond acceptors (Lipinski definition) is 4. The average Bonchev–Trinajstić information content (AvgIpc) is 2.68. The highest BCUT2D eigenvalue weighted by atomic mass is 19.1. The Morgan fingerprint density at radius 3 is 2.65 bits per heavy atom. The topological polar surface area (TPSA) is 59.6 Å². The Bertz CT molecular complexity index is 605. The van der Waals surface area contributed by atoms with E-state index in [-0.39, 0.29) is 17.1 Å². The van der Waals surface area contributed by atoms with Crippen LogP contribution in [0.25, 0.3) is 0 Å². The Kier molecular flexibility index (Phi) is 6.27. The highest BCUT2D eigenvalue weighted by Crippen LogP contribution is 2.36. The molecule has 0 bridgehead atoms. The van der Waals surface area contributed by atoms with Crippen LogP contribution in [0, 0.1) is 11.2 Å². The molecule has 0 radical (unpaired) electrons. The smallest absolute Gasteiger partial charge is 0.230 e. The molecule has 2 saturated heterocycles. The van der Waals surface area contributed by atoms with Gasteiger partial charge in [0.1, 0.15) is 5.82 Å². The number of benzene rings is 1. The number of hydrogen-bond donors (Lipinski definition) is 2. The largest absolute Gasteiger partial charge is 0.384 e. The van der Waals surface area contributed by atoms with Crippen LogP contribution < -0.4 is 10.6 Å². The summed E-state index contributed by atoms with van der Waals surface area (Å²) in [5.41, 5.74) is -0.0183. The maximum atomic E-state index is 13.8. The Balaban J connectivity index is 1.77. The van der Waals surface area contributed by atoms with Gasteiger partial charge < -0.3 is 20.1 Å². The first-order valence-corrected chi connectivity index (χ1v) is 9.42. The average molecular weight is 364 g/mol. The molecule has 144 valence electrons. The van der Waals surface area contributed by atoms with Gasteiger partial charge in [0.05, 0.1) is 12.0 Å². The van der Waals surface area contributed by atoms with Gasteiger partial charge in [-0.2, -0.15) is 0 Å². The molecule has 6 heteroatoms.